The molecule has 0 saturated heterocycles. The van der Waals surface area contributed by atoms with E-state index in [9.17, 15) is 4.39 Å². The number of aromatic nitrogens is 2. The third-order valence-corrected chi connectivity index (χ3v) is 3.44. The normalized spacial score (nSPS) is 12.6. The van der Waals surface area contributed by atoms with E-state index >= 15 is 0 Å². The first-order valence-corrected chi connectivity index (χ1v) is 7.18. The fraction of sp³-hybridized carbons (Fsp3) is 0.438. The van der Waals surface area contributed by atoms with Gasteiger partial charge in [0.15, 0.2) is 0 Å². The van der Waals surface area contributed by atoms with Crippen LogP contribution in [0.3, 0.4) is 0 Å². The molecule has 0 radical (unpaired) electrons. The van der Waals surface area contributed by atoms with Crippen LogP contribution in [0, 0.1) is 12.7 Å². The molecule has 0 fully saturated rings. The first kappa shape index (κ1) is 14.7. The topological polar surface area (TPSA) is 29.9 Å². The molecule has 3 nitrogen and oxygen atoms in total. The minimum atomic E-state index is -0.199. The van der Waals surface area contributed by atoms with Gasteiger partial charge in [0.1, 0.15) is 5.82 Å². The molecule has 1 atom stereocenters. The van der Waals surface area contributed by atoms with Gasteiger partial charge in [-0.05, 0) is 49.2 Å². The molecule has 1 heterocycles. The highest BCUT2D eigenvalue weighted by Crippen LogP contribution is 2.25. The highest BCUT2D eigenvalue weighted by molar-refractivity contribution is 5.34. The molecule has 4 heteroatoms. The second-order valence-corrected chi connectivity index (χ2v) is 4.97. The molecule has 0 amide bonds. The first-order valence-electron chi connectivity index (χ1n) is 7.18. The summed E-state index contributed by atoms with van der Waals surface area (Å²) in [5.41, 5.74) is 3.15. The van der Waals surface area contributed by atoms with Crippen LogP contribution in [-0.4, -0.2) is 16.3 Å². The lowest BCUT2D eigenvalue weighted by molar-refractivity contribution is 0.517. The van der Waals surface area contributed by atoms with Gasteiger partial charge >= 0.3 is 0 Å². The maximum atomic E-state index is 13.6. The van der Waals surface area contributed by atoms with Gasteiger partial charge < -0.3 is 5.32 Å². The molecule has 1 unspecified atom stereocenters. The molecular formula is C16H22FN3. The third kappa shape index (κ3) is 3.07. The van der Waals surface area contributed by atoms with Crippen molar-refractivity contribution in [3.8, 4) is 0 Å². The lowest BCUT2D eigenvalue weighted by atomic mass is 9.98. The Bertz CT molecular complexity index is 563. The third-order valence-electron chi connectivity index (χ3n) is 3.44. The van der Waals surface area contributed by atoms with E-state index in [1.165, 1.54) is 6.07 Å². The van der Waals surface area contributed by atoms with Gasteiger partial charge in [-0.3, -0.25) is 4.68 Å². The van der Waals surface area contributed by atoms with Crippen LogP contribution < -0.4 is 5.32 Å². The Balaban J connectivity index is 2.44. The quantitative estimate of drug-likeness (QED) is 0.875. The van der Waals surface area contributed by atoms with Gasteiger partial charge in [-0.1, -0.05) is 19.9 Å². The van der Waals surface area contributed by atoms with Crippen LogP contribution in [0.15, 0.2) is 30.5 Å². The maximum Gasteiger partial charge on any atom is 0.123 e. The van der Waals surface area contributed by atoms with Gasteiger partial charge in [0.05, 0.1) is 11.7 Å². The van der Waals surface area contributed by atoms with Crippen LogP contribution in [0.4, 0.5) is 4.39 Å². The van der Waals surface area contributed by atoms with E-state index < -0.39 is 0 Å². The minimum Gasteiger partial charge on any atom is -0.305 e. The predicted octanol–water partition coefficient (Wildman–Crippen LogP) is 3.44. The van der Waals surface area contributed by atoms with Crippen molar-refractivity contribution in [3.63, 3.8) is 0 Å². The number of halogens is 1. The molecule has 0 aliphatic rings. The van der Waals surface area contributed by atoms with E-state index in [1.807, 2.05) is 29.9 Å². The zero-order chi connectivity index (χ0) is 14.5. The van der Waals surface area contributed by atoms with Crippen molar-refractivity contribution in [3.05, 3.63) is 53.1 Å². The van der Waals surface area contributed by atoms with Crippen molar-refractivity contribution in [1.82, 2.24) is 15.1 Å². The molecule has 20 heavy (non-hydrogen) atoms. The number of nitrogens with one attached hydrogen (secondary N) is 1. The lowest BCUT2D eigenvalue weighted by Crippen LogP contribution is -2.25. The monoisotopic (exact) mass is 275 g/mol. The molecule has 0 bridgehead atoms. The summed E-state index contributed by atoms with van der Waals surface area (Å²) in [6, 6.07) is 6.93. The number of rotatable bonds is 6. The molecule has 0 aliphatic carbocycles. The van der Waals surface area contributed by atoms with Gasteiger partial charge in [-0.15, -0.1) is 0 Å². The molecule has 1 aromatic carbocycles. The fourth-order valence-electron chi connectivity index (χ4n) is 2.49. The van der Waals surface area contributed by atoms with Crippen LogP contribution in [0.1, 0.15) is 43.1 Å². The Kier molecular flexibility index (Phi) is 4.90. The highest BCUT2D eigenvalue weighted by Gasteiger charge is 2.19. The Morgan fingerprint density at radius 2 is 2.10 bits per heavy atom. The van der Waals surface area contributed by atoms with E-state index in [0.717, 1.165) is 36.3 Å². The number of benzene rings is 1. The Morgan fingerprint density at radius 3 is 2.80 bits per heavy atom. The van der Waals surface area contributed by atoms with Gasteiger partial charge in [0, 0.05) is 12.7 Å². The van der Waals surface area contributed by atoms with Gasteiger partial charge in [-0.25, -0.2) is 4.39 Å². The average molecular weight is 275 g/mol. The molecule has 0 aliphatic heterocycles. The summed E-state index contributed by atoms with van der Waals surface area (Å²) >= 11 is 0. The maximum absolute atomic E-state index is 13.6. The van der Waals surface area contributed by atoms with Crippen molar-refractivity contribution in [1.29, 1.82) is 0 Å². The molecule has 1 aromatic heterocycles. The van der Waals surface area contributed by atoms with E-state index in [1.54, 1.807) is 6.07 Å². The molecule has 1 N–H and O–H groups in total. The van der Waals surface area contributed by atoms with Gasteiger partial charge in [0.2, 0.25) is 0 Å². The van der Waals surface area contributed by atoms with Crippen molar-refractivity contribution in [2.24, 2.45) is 0 Å². The van der Waals surface area contributed by atoms with Crippen molar-refractivity contribution >= 4 is 0 Å². The molecule has 0 saturated carbocycles. The van der Waals surface area contributed by atoms with Crippen LogP contribution in [0.25, 0.3) is 0 Å². The van der Waals surface area contributed by atoms with Crippen LogP contribution >= 0.6 is 0 Å². The van der Waals surface area contributed by atoms with Crippen LogP contribution in [-0.2, 0) is 6.54 Å². The van der Waals surface area contributed by atoms with Gasteiger partial charge in [-0.2, -0.15) is 5.10 Å². The number of hydrogen-bond acceptors (Lipinski definition) is 2. The molecule has 108 valence electrons. The highest BCUT2D eigenvalue weighted by atomic mass is 19.1. The summed E-state index contributed by atoms with van der Waals surface area (Å²) in [6.07, 6.45) is 2.83. The number of hydrogen-bond donors (Lipinski definition) is 1. The first-order chi connectivity index (χ1) is 9.67. The van der Waals surface area contributed by atoms with Crippen molar-refractivity contribution < 1.29 is 4.39 Å². The Labute approximate surface area is 119 Å². The average Bonchev–Trinajstić information content (AvgIpc) is 2.88. The van der Waals surface area contributed by atoms with Crippen LogP contribution in [0.2, 0.25) is 0 Å². The number of nitrogens with zero attached hydrogens (tertiary/aromatic N) is 2. The molecule has 2 aromatic rings. The van der Waals surface area contributed by atoms with Crippen molar-refractivity contribution in [2.45, 2.75) is 39.8 Å². The van der Waals surface area contributed by atoms with Crippen molar-refractivity contribution in [2.75, 3.05) is 6.54 Å². The zero-order valence-electron chi connectivity index (χ0n) is 12.4. The molecular weight excluding hydrogens is 253 g/mol. The lowest BCUT2D eigenvalue weighted by Gasteiger charge is -2.21. The largest absolute Gasteiger partial charge is 0.305 e. The SMILES string of the molecule is CCCn1nccc1C(NCC)c1cc(F)ccc1C. The van der Waals surface area contributed by atoms with E-state index in [2.05, 4.69) is 24.3 Å². The minimum absolute atomic E-state index is 0.0234. The Morgan fingerprint density at radius 1 is 1.30 bits per heavy atom. The number of aryl methyl sites for hydroxylation is 2. The second kappa shape index (κ2) is 6.66. The summed E-state index contributed by atoms with van der Waals surface area (Å²) in [5.74, 6) is -0.199. The van der Waals surface area contributed by atoms with E-state index in [-0.39, 0.29) is 11.9 Å². The summed E-state index contributed by atoms with van der Waals surface area (Å²) in [4.78, 5) is 0. The Hall–Kier alpha value is -1.68. The standard InChI is InChI=1S/C16H22FN3/c1-4-10-20-15(8-9-19-20)16(18-5-2)14-11-13(17)7-6-12(14)3/h6-9,11,16,18H,4-5,10H2,1-3H3. The summed E-state index contributed by atoms with van der Waals surface area (Å²) in [5, 5.41) is 7.81. The summed E-state index contributed by atoms with van der Waals surface area (Å²) in [6.45, 7) is 7.89. The fourth-order valence-corrected chi connectivity index (χ4v) is 2.49. The van der Waals surface area contributed by atoms with E-state index in [4.69, 9.17) is 0 Å². The molecule has 0 spiro atoms. The molecule has 2 rings (SSSR count). The second-order valence-electron chi connectivity index (χ2n) is 4.97. The summed E-state index contributed by atoms with van der Waals surface area (Å²) in [7, 11) is 0. The smallest absolute Gasteiger partial charge is 0.123 e. The van der Waals surface area contributed by atoms with Gasteiger partial charge in [0.25, 0.3) is 0 Å². The van der Waals surface area contributed by atoms with Crippen LogP contribution in [0.5, 0.6) is 0 Å². The zero-order valence-corrected chi connectivity index (χ0v) is 12.4. The predicted molar refractivity (Wildman–Crippen MR) is 79.2 cm³/mol. The van der Waals surface area contributed by atoms with E-state index in [0.29, 0.717) is 0 Å². The summed E-state index contributed by atoms with van der Waals surface area (Å²) < 4.78 is 15.6.